The molecule has 3 N–H and O–H groups in total. The molecule has 104 valence electrons. The molecule has 0 spiro atoms. The zero-order valence-corrected chi connectivity index (χ0v) is 10.9. The molecule has 0 radical (unpaired) electrons. The van der Waals surface area contributed by atoms with Crippen LogP contribution in [0, 0.1) is 0 Å². The van der Waals surface area contributed by atoms with Gasteiger partial charge in [-0.2, -0.15) is 0 Å². The van der Waals surface area contributed by atoms with Gasteiger partial charge in [-0.1, -0.05) is 6.92 Å². The van der Waals surface area contributed by atoms with Gasteiger partial charge in [0.25, 0.3) is 0 Å². The first-order valence-electron chi connectivity index (χ1n) is 6.56. The lowest BCUT2D eigenvalue weighted by atomic mass is 10.1. The van der Waals surface area contributed by atoms with E-state index in [1.807, 2.05) is 6.92 Å². The van der Waals surface area contributed by atoms with Crippen LogP contribution in [-0.2, 0) is 9.59 Å². The van der Waals surface area contributed by atoms with Gasteiger partial charge in [-0.3, -0.25) is 14.5 Å². The summed E-state index contributed by atoms with van der Waals surface area (Å²) in [6.45, 7) is 5.91. The van der Waals surface area contributed by atoms with Gasteiger partial charge in [0.15, 0.2) is 0 Å². The number of nitrogens with one attached hydrogen (secondary N) is 2. The Hall–Kier alpha value is -1.14. The summed E-state index contributed by atoms with van der Waals surface area (Å²) in [5.74, 6) is -0.953. The van der Waals surface area contributed by atoms with Gasteiger partial charge in [0.2, 0.25) is 5.91 Å². The Bertz CT molecular complexity index is 276. The number of rotatable bonds is 6. The molecular weight excluding hydrogens is 234 g/mol. The number of carbonyl (C=O) groups excluding carboxylic acids is 1. The highest BCUT2D eigenvalue weighted by molar-refractivity contribution is 5.79. The molecule has 1 fully saturated rings. The summed E-state index contributed by atoms with van der Waals surface area (Å²) in [5.41, 5.74) is 0. The first-order valence-corrected chi connectivity index (χ1v) is 6.56. The van der Waals surface area contributed by atoms with Crippen molar-refractivity contribution >= 4 is 11.9 Å². The van der Waals surface area contributed by atoms with Crippen LogP contribution in [0.3, 0.4) is 0 Å². The van der Waals surface area contributed by atoms with Gasteiger partial charge >= 0.3 is 5.97 Å². The number of hydrogen-bond donors (Lipinski definition) is 3. The van der Waals surface area contributed by atoms with Crippen LogP contribution in [0.1, 0.15) is 26.2 Å². The van der Waals surface area contributed by atoms with Gasteiger partial charge in [-0.05, 0) is 25.9 Å². The Labute approximate surface area is 108 Å². The fourth-order valence-electron chi connectivity index (χ4n) is 2.04. The monoisotopic (exact) mass is 257 g/mol. The van der Waals surface area contributed by atoms with Crippen LogP contribution in [0.2, 0.25) is 0 Å². The molecule has 6 heteroatoms. The zero-order chi connectivity index (χ0) is 13.4. The number of carboxylic acids is 1. The lowest BCUT2D eigenvalue weighted by Crippen LogP contribution is -2.43. The highest BCUT2D eigenvalue weighted by Gasteiger charge is 2.17. The molecule has 1 unspecified atom stereocenters. The minimum Gasteiger partial charge on any atom is -0.481 e. The first kappa shape index (κ1) is 14.9. The largest absolute Gasteiger partial charge is 0.481 e. The summed E-state index contributed by atoms with van der Waals surface area (Å²) in [6, 6.07) is -0.264. The van der Waals surface area contributed by atoms with Crippen LogP contribution in [0.25, 0.3) is 0 Å². The molecule has 0 aromatic rings. The lowest BCUT2D eigenvalue weighted by molar-refractivity contribution is -0.137. The van der Waals surface area contributed by atoms with Gasteiger partial charge in [-0.25, -0.2) is 0 Å². The number of carbonyl (C=O) groups is 2. The van der Waals surface area contributed by atoms with Crippen LogP contribution in [0.4, 0.5) is 0 Å². The molecule has 0 aromatic heterocycles. The van der Waals surface area contributed by atoms with E-state index in [9.17, 15) is 9.59 Å². The highest BCUT2D eigenvalue weighted by Crippen LogP contribution is 1.99. The van der Waals surface area contributed by atoms with Crippen LogP contribution in [0.5, 0.6) is 0 Å². The number of hydrogen-bond acceptors (Lipinski definition) is 4. The third-order valence-electron chi connectivity index (χ3n) is 3.08. The van der Waals surface area contributed by atoms with E-state index < -0.39 is 5.97 Å². The van der Waals surface area contributed by atoms with Crippen molar-refractivity contribution in [1.29, 1.82) is 0 Å². The van der Waals surface area contributed by atoms with Crippen molar-refractivity contribution in [2.45, 2.75) is 32.2 Å². The minimum atomic E-state index is -0.874. The summed E-state index contributed by atoms with van der Waals surface area (Å²) >= 11 is 0. The molecule has 1 aliphatic heterocycles. The fourth-order valence-corrected chi connectivity index (χ4v) is 2.04. The summed E-state index contributed by atoms with van der Waals surface area (Å²) in [4.78, 5) is 24.5. The Morgan fingerprint density at radius 2 is 2.17 bits per heavy atom. The van der Waals surface area contributed by atoms with Crippen molar-refractivity contribution < 1.29 is 14.7 Å². The Kier molecular flexibility index (Phi) is 6.67. The zero-order valence-electron chi connectivity index (χ0n) is 10.9. The molecule has 1 amide bonds. The molecule has 18 heavy (non-hydrogen) atoms. The maximum absolute atomic E-state index is 11.8. The molecule has 1 rings (SSSR count). The third kappa shape index (κ3) is 5.97. The van der Waals surface area contributed by atoms with E-state index in [-0.39, 0.29) is 18.4 Å². The SMILES string of the molecule is CCC(CC(=O)O)NC(=O)CN1CCCNCC1. The molecule has 0 aliphatic carbocycles. The molecule has 1 aliphatic rings. The second kappa shape index (κ2) is 8.05. The predicted octanol–water partition coefficient (Wildman–Crippen LogP) is -0.349. The van der Waals surface area contributed by atoms with E-state index in [0.717, 1.165) is 32.6 Å². The Morgan fingerprint density at radius 1 is 1.39 bits per heavy atom. The topological polar surface area (TPSA) is 81.7 Å². The maximum Gasteiger partial charge on any atom is 0.305 e. The van der Waals surface area contributed by atoms with E-state index in [1.165, 1.54) is 0 Å². The van der Waals surface area contributed by atoms with Crippen molar-refractivity contribution in [3.63, 3.8) is 0 Å². The molecule has 0 saturated carbocycles. The van der Waals surface area contributed by atoms with Crippen molar-refractivity contribution in [2.24, 2.45) is 0 Å². The molecule has 6 nitrogen and oxygen atoms in total. The molecule has 1 heterocycles. The van der Waals surface area contributed by atoms with Gasteiger partial charge in [0.1, 0.15) is 0 Å². The molecular formula is C12H23N3O3. The van der Waals surface area contributed by atoms with Gasteiger partial charge in [0, 0.05) is 19.1 Å². The fraction of sp³-hybridized carbons (Fsp3) is 0.833. The predicted molar refractivity (Wildman–Crippen MR) is 68.4 cm³/mol. The molecule has 1 atom stereocenters. The smallest absolute Gasteiger partial charge is 0.305 e. The number of carboxylic acid groups (broad SMARTS) is 1. The normalized spacial score (nSPS) is 18.9. The number of nitrogens with zero attached hydrogens (tertiary/aromatic N) is 1. The highest BCUT2D eigenvalue weighted by atomic mass is 16.4. The van der Waals surface area contributed by atoms with Crippen molar-refractivity contribution in [2.75, 3.05) is 32.7 Å². The van der Waals surface area contributed by atoms with E-state index >= 15 is 0 Å². The summed E-state index contributed by atoms with van der Waals surface area (Å²) < 4.78 is 0. The van der Waals surface area contributed by atoms with Crippen LogP contribution in [-0.4, -0.2) is 60.6 Å². The summed E-state index contributed by atoms with van der Waals surface area (Å²) in [5, 5.41) is 14.8. The Balaban J connectivity index is 2.32. The van der Waals surface area contributed by atoms with Crippen molar-refractivity contribution in [3.8, 4) is 0 Å². The quantitative estimate of drug-likeness (QED) is 0.606. The van der Waals surface area contributed by atoms with Crippen molar-refractivity contribution in [3.05, 3.63) is 0 Å². The average Bonchev–Trinajstić information content (AvgIpc) is 2.56. The van der Waals surface area contributed by atoms with Crippen LogP contribution < -0.4 is 10.6 Å². The Morgan fingerprint density at radius 3 is 2.83 bits per heavy atom. The van der Waals surface area contributed by atoms with E-state index in [4.69, 9.17) is 5.11 Å². The average molecular weight is 257 g/mol. The molecule has 0 aromatic carbocycles. The molecule has 0 bridgehead atoms. The standard InChI is InChI=1S/C12H23N3O3/c1-2-10(8-12(17)18)14-11(16)9-15-6-3-4-13-5-7-15/h10,13H,2-9H2,1H3,(H,14,16)(H,17,18). The van der Waals surface area contributed by atoms with Crippen LogP contribution >= 0.6 is 0 Å². The van der Waals surface area contributed by atoms with Gasteiger partial charge in [-0.15, -0.1) is 0 Å². The van der Waals surface area contributed by atoms with E-state index in [0.29, 0.717) is 13.0 Å². The third-order valence-corrected chi connectivity index (χ3v) is 3.08. The van der Waals surface area contributed by atoms with Gasteiger partial charge in [0.05, 0.1) is 13.0 Å². The minimum absolute atomic E-state index is 0.0101. The summed E-state index contributed by atoms with van der Waals surface area (Å²) in [7, 11) is 0. The van der Waals surface area contributed by atoms with Crippen molar-refractivity contribution in [1.82, 2.24) is 15.5 Å². The second-order valence-corrected chi connectivity index (χ2v) is 4.65. The first-order chi connectivity index (χ1) is 8.61. The van der Waals surface area contributed by atoms with Crippen LogP contribution in [0.15, 0.2) is 0 Å². The number of amides is 1. The van der Waals surface area contributed by atoms with E-state index in [2.05, 4.69) is 15.5 Å². The van der Waals surface area contributed by atoms with Gasteiger partial charge < -0.3 is 15.7 Å². The second-order valence-electron chi connectivity index (χ2n) is 4.65. The molecule has 1 saturated heterocycles. The lowest BCUT2D eigenvalue weighted by Gasteiger charge is -2.21. The van der Waals surface area contributed by atoms with E-state index in [1.54, 1.807) is 0 Å². The maximum atomic E-state index is 11.8. The number of aliphatic carboxylic acids is 1. The summed E-state index contributed by atoms with van der Waals surface area (Å²) in [6.07, 6.45) is 1.67.